The number of allylic oxidation sites excluding steroid dienone is 1. The number of aromatic nitrogens is 2. The molecule has 2 aromatic carbocycles. The minimum absolute atomic E-state index is 0.0287. The van der Waals surface area contributed by atoms with Gasteiger partial charge in [0.05, 0.1) is 20.7 Å². The van der Waals surface area contributed by atoms with Gasteiger partial charge in [-0.1, -0.05) is 18.2 Å². The fourth-order valence-electron chi connectivity index (χ4n) is 2.51. The van der Waals surface area contributed by atoms with Gasteiger partial charge in [0.15, 0.2) is 5.16 Å². The van der Waals surface area contributed by atoms with Crippen LogP contribution in [0.2, 0.25) is 0 Å². The van der Waals surface area contributed by atoms with Crippen molar-refractivity contribution < 1.29 is 9.72 Å². The van der Waals surface area contributed by atoms with Gasteiger partial charge in [-0.05, 0) is 36.0 Å². The normalized spacial score (nSPS) is 10.7. The molecule has 0 unspecified atom stereocenters. The second kappa shape index (κ2) is 7.42. The Bertz CT molecular complexity index is 1140. The third-order valence-electron chi connectivity index (χ3n) is 3.78. The number of nitro benzene ring substituents is 1. The number of rotatable bonds is 6. The first kappa shape index (κ1) is 18.3. The predicted molar refractivity (Wildman–Crippen MR) is 102 cm³/mol. The maximum atomic E-state index is 12.8. The molecule has 3 aromatic rings. The average molecular weight is 382 g/mol. The van der Waals surface area contributed by atoms with Crippen molar-refractivity contribution in [3.8, 4) is 0 Å². The maximum Gasteiger partial charge on any atom is 0.284 e. The summed E-state index contributed by atoms with van der Waals surface area (Å²) in [7, 11) is 0. The lowest BCUT2D eigenvalue weighted by Crippen LogP contribution is -2.22. The Kier molecular flexibility index (Phi) is 5.04. The smallest absolute Gasteiger partial charge is 0.284 e. The molecule has 0 saturated heterocycles. The van der Waals surface area contributed by atoms with Crippen molar-refractivity contribution in [3.63, 3.8) is 0 Å². The van der Waals surface area contributed by atoms with E-state index in [0.717, 1.165) is 17.8 Å². The number of primary amides is 1. The molecule has 136 valence electrons. The number of hydrogen-bond acceptors (Lipinski definition) is 6. The Labute approximate surface area is 157 Å². The molecule has 8 nitrogen and oxygen atoms in total. The van der Waals surface area contributed by atoms with Gasteiger partial charge in [-0.15, -0.1) is 6.58 Å². The summed E-state index contributed by atoms with van der Waals surface area (Å²) in [5, 5.41) is 12.1. The topological polar surface area (TPSA) is 121 Å². The van der Waals surface area contributed by atoms with Gasteiger partial charge in [0.2, 0.25) is 5.91 Å². The molecule has 0 aliphatic heterocycles. The lowest BCUT2D eigenvalue weighted by molar-refractivity contribution is -0.387. The summed E-state index contributed by atoms with van der Waals surface area (Å²) in [5.41, 5.74) is 5.16. The molecule has 0 radical (unpaired) electrons. The van der Waals surface area contributed by atoms with Gasteiger partial charge in [-0.2, -0.15) is 0 Å². The van der Waals surface area contributed by atoms with Gasteiger partial charge >= 0.3 is 0 Å². The van der Waals surface area contributed by atoms with Crippen LogP contribution < -0.4 is 11.3 Å². The van der Waals surface area contributed by atoms with E-state index in [4.69, 9.17) is 5.73 Å². The molecule has 0 aliphatic carbocycles. The molecule has 27 heavy (non-hydrogen) atoms. The molecule has 1 heterocycles. The zero-order chi connectivity index (χ0) is 19.6. The van der Waals surface area contributed by atoms with E-state index in [0.29, 0.717) is 10.9 Å². The van der Waals surface area contributed by atoms with Crippen molar-refractivity contribution in [2.24, 2.45) is 5.73 Å². The lowest BCUT2D eigenvalue weighted by atomic mass is 10.2. The van der Waals surface area contributed by atoms with Crippen LogP contribution in [0, 0.1) is 10.1 Å². The van der Waals surface area contributed by atoms with Crippen LogP contribution in [0.3, 0.4) is 0 Å². The number of para-hydroxylation sites is 1. The Morgan fingerprint density at radius 2 is 2.07 bits per heavy atom. The third-order valence-corrected chi connectivity index (χ3v) is 4.84. The summed E-state index contributed by atoms with van der Waals surface area (Å²) < 4.78 is 1.39. The number of fused-ring (bicyclic) bond motifs is 1. The third kappa shape index (κ3) is 3.58. The molecule has 0 spiro atoms. The van der Waals surface area contributed by atoms with Crippen LogP contribution in [0.4, 0.5) is 5.69 Å². The van der Waals surface area contributed by atoms with Crippen molar-refractivity contribution in [2.75, 3.05) is 0 Å². The molecular weight excluding hydrogens is 368 g/mol. The van der Waals surface area contributed by atoms with Gasteiger partial charge in [-0.3, -0.25) is 24.3 Å². The minimum atomic E-state index is -0.762. The van der Waals surface area contributed by atoms with E-state index in [-0.39, 0.29) is 33.4 Å². The first-order valence-corrected chi connectivity index (χ1v) is 8.60. The number of benzene rings is 2. The summed E-state index contributed by atoms with van der Waals surface area (Å²) in [6.45, 7) is 3.85. The van der Waals surface area contributed by atoms with E-state index < -0.39 is 10.8 Å². The van der Waals surface area contributed by atoms with Crippen LogP contribution >= 0.6 is 11.8 Å². The molecule has 0 atom stereocenters. The molecular formula is C18H14N4O4S. The number of hydrogen-bond donors (Lipinski definition) is 1. The summed E-state index contributed by atoms with van der Waals surface area (Å²) in [4.78, 5) is 39.6. The molecule has 1 amide bonds. The Balaban J connectivity index is 2.18. The van der Waals surface area contributed by atoms with Gasteiger partial charge in [0, 0.05) is 18.2 Å². The largest absolute Gasteiger partial charge is 0.366 e. The van der Waals surface area contributed by atoms with E-state index in [1.807, 2.05) is 0 Å². The van der Waals surface area contributed by atoms with E-state index in [2.05, 4.69) is 11.6 Å². The van der Waals surface area contributed by atoms with E-state index in [1.165, 1.54) is 16.7 Å². The first-order valence-electron chi connectivity index (χ1n) is 7.79. The van der Waals surface area contributed by atoms with Crippen LogP contribution in [0.5, 0.6) is 0 Å². The minimum Gasteiger partial charge on any atom is -0.366 e. The van der Waals surface area contributed by atoms with Crippen molar-refractivity contribution in [3.05, 3.63) is 81.2 Å². The molecule has 2 N–H and O–H groups in total. The Hall–Kier alpha value is -3.46. The van der Waals surface area contributed by atoms with Crippen LogP contribution in [-0.4, -0.2) is 20.4 Å². The average Bonchev–Trinajstić information content (AvgIpc) is 2.65. The number of nitro groups is 1. The summed E-state index contributed by atoms with van der Waals surface area (Å²) in [5.74, 6) is -0.762. The quantitative estimate of drug-likeness (QED) is 0.303. The molecule has 9 heteroatoms. The van der Waals surface area contributed by atoms with Crippen molar-refractivity contribution in [1.29, 1.82) is 0 Å². The number of amides is 1. The second-order valence-electron chi connectivity index (χ2n) is 5.52. The maximum absolute atomic E-state index is 12.8. The highest BCUT2D eigenvalue weighted by molar-refractivity contribution is 7.99. The molecule has 0 saturated carbocycles. The predicted octanol–water partition coefficient (Wildman–Crippen LogP) is 2.74. The lowest BCUT2D eigenvalue weighted by Gasteiger charge is -2.11. The van der Waals surface area contributed by atoms with Gasteiger partial charge in [0.1, 0.15) is 0 Å². The van der Waals surface area contributed by atoms with Crippen molar-refractivity contribution >= 4 is 34.3 Å². The van der Waals surface area contributed by atoms with Crippen LogP contribution in [-0.2, 0) is 6.54 Å². The van der Waals surface area contributed by atoms with Crippen molar-refractivity contribution in [1.82, 2.24) is 9.55 Å². The van der Waals surface area contributed by atoms with Gasteiger partial charge in [0.25, 0.3) is 11.2 Å². The van der Waals surface area contributed by atoms with E-state index in [9.17, 15) is 19.7 Å². The molecule has 0 bridgehead atoms. The van der Waals surface area contributed by atoms with Crippen LogP contribution in [0.15, 0.2) is 70.0 Å². The summed E-state index contributed by atoms with van der Waals surface area (Å²) >= 11 is 0.969. The van der Waals surface area contributed by atoms with Crippen LogP contribution in [0.25, 0.3) is 10.9 Å². The van der Waals surface area contributed by atoms with Gasteiger partial charge in [-0.25, -0.2) is 4.98 Å². The number of carbonyl (C=O) groups excluding carboxylic acids is 1. The van der Waals surface area contributed by atoms with Gasteiger partial charge < -0.3 is 5.73 Å². The number of nitrogens with two attached hydrogens (primary N) is 1. The van der Waals surface area contributed by atoms with Crippen LogP contribution in [0.1, 0.15) is 10.4 Å². The Morgan fingerprint density at radius 3 is 2.74 bits per heavy atom. The number of carbonyl (C=O) groups is 1. The molecule has 1 aromatic heterocycles. The van der Waals surface area contributed by atoms with Crippen molar-refractivity contribution in [2.45, 2.75) is 16.6 Å². The first-order chi connectivity index (χ1) is 12.9. The van der Waals surface area contributed by atoms with E-state index in [1.54, 1.807) is 30.3 Å². The highest BCUT2D eigenvalue weighted by Crippen LogP contribution is 2.34. The highest BCUT2D eigenvalue weighted by atomic mass is 32.2. The number of nitrogens with zero attached hydrogens (tertiary/aromatic N) is 3. The molecule has 0 aliphatic rings. The fourth-order valence-corrected chi connectivity index (χ4v) is 3.50. The summed E-state index contributed by atoms with van der Waals surface area (Å²) in [6.07, 6.45) is 1.55. The monoisotopic (exact) mass is 382 g/mol. The van der Waals surface area contributed by atoms with E-state index >= 15 is 0 Å². The highest BCUT2D eigenvalue weighted by Gasteiger charge is 2.20. The molecule has 3 rings (SSSR count). The SMILES string of the molecule is C=CCn1c(Sc2ccc(C(N)=O)cc2[N+](=O)[O-])nc2ccccc2c1=O. The Morgan fingerprint density at radius 1 is 1.33 bits per heavy atom. The zero-order valence-corrected chi connectivity index (χ0v) is 14.8. The zero-order valence-electron chi connectivity index (χ0n) is 14.0. The summed E-state index contributed by atoms with van der Waals surface area (Å²) in [6, 6.07) is 10.8. The fraction of sp³-hybridized carbons (Fsp3) is 0.0556. The molecule has 0 fully saturated rings. The second-order valence-corrected chi connectivity index (χ2v) is 6.53. The standard InChI is InChI=1S/C18H14N4O4S/c1-2-9-21-17(24)12-5-3-4-6-13(12)20-18(21)27-15-8-7-11(16(19)23)10-14(15)22(25)26/h2-8,10H,1,9H2,(H2,19,23).